The zero-order chi connectivity index (χ0) is 15.0. The highest BCUT2D eigenvalue weighted by atomic mass is 79.9. The molecule has 0 aliphatic rings. The Balaban J connectivity index is 2.58. The van der Waals surface area contributed by atoms with Crippen molar-refractivity contribution in [3.63, 3.8) is 0 Å². The molecule has 0 bridgehead atoms. The third kappa shape index (κ3) is 6.87. The highest BCUT2D eigenvalue weighted by Crippen LogP contribution is 2.26. The predicted molar refractivity (Wildman–Crippen MR) is 90.0 cm³/mol. The lowest BCUT2D eigenvalue weighted by Crippen LogP contribution is -2.29. The van der Waals surface area contributed by atoms with Crippen molar-refractivity contribution in [2.75, 3.05) is 13.2 Å². The summed E-state index contributed by atoms with van der Waals surface area (Å²) < 4.78 is 7.24. The van der Waals surface area contributed by atoms with Gasteiger partial charge in [0.05, 0.1) is 6.10 Å². The van der Waals surface area contributed by atoms with Crippen molar-refractivity contribution in [2.24, 2.45) is 5.92 Å². The molecule has 2 nitrogen and oxygen atoms in total. The second kappa shape index (κ2) is 9.54. The van der Waals surface area contributed by atoms with Crippen LogP contribution in [0.2, 0.25) is 0 Å². The number of ether oxygens (including phenoxy) is 1. The Morgan fingerprint density at radius 3 is 2.45 bits per heavy atom. The van der Waals surface area contributed by atoms with Gasteiger partial charge in [0.1, 0.15) is 0 Å². The molecule has 1 aromatic carbocycles. The van der Waals surface area contributed by atoms with E-state index in [4.69, 9.17) is 4.74 Å². The first-order chi connectivity index (χ1) is 9.50. The number of rotatable bonds is 9. The Morgan fingerprint density at radius 1 is 1.15 bits per heavy atom. The van der Waals surface area contributed by atoms with Crippen LogP contribution >= 0.6 is 15.9 Å². The summed E-state index contributed by atoms with van der Waals surface area (Å²) in [5.41, 5.74) is 1.23. The molecule has 1 unspecified atom stereocenters. The van der Waals surface area contributed by atoms with Crippen LogP contribution in [0.15, 0.2) is 28.7 Å². The molecule has 0 spiro atoms. The molecule has 0 saturated carbocycles. The maximum Gasteiger partial charge on any atom is 0.0960 e. The van der Waals surface area contributed by atoms with E-state index in [-0.39, 0.29) is 6.10 Å². The molecule has 0 heterocycles. The molecular formula is C17H28BrNO. The number of hydrogen-bond acceptors (Lipinski definition) is 2. The van der Waals surface area contributed by atoms with Crippen molar-refractivity contribution >= 4 is 15.9 Å². The van der Waals surface area contributed by atoms with Crippen molar-refractivity contribution in [2.45, 2.75) is 52.7 Å². The smallest absolute Gasteiger partial charge is 0.0960 e. The summed E-state index contributed by atoms with van der Waals surface area (Å²) in [7, 11) is 0. The molecule has 0 aromatic heterocycles. The van der Waals surface area contributed by atoms with Crippen LogP contribution in [0.3, 0.4) is 0 Å². The fourth-order valence-corrected chi connectivity index (χ4v) is 2.59. The standard InChI is InChI=1S/C17H28BrNO/c1-13(2)8-7-11-20-17(12-19-14(3)4)15-9-5-6-10-16(15)18/h5-6,9-10,13-14,17,19H,7-8,11-12H2,1-4H3. The van der Waals surface area contributed by atoms with Crippen molar-refractivity contribution in [1.82, 2.24) is 5.32 Å². The van der Waals surface area contributed by atoms with Gasteiger partial charge in [-0.15, -0.1) is 0 Å². The van der Waals surface area contributed by atoms with Gasteiger partial charge < -0.3 is 10.1 Å². The molecule has 0 fully saturated rings. The van der Waals surface area contributed by atoms with Crippen LogP contribution < -0.4 is 5.32 Å². The van der Waals surface area contributed by atoms with E-state index < -0.39 is 0 Å². The zero-order valence-electron chi connectivity index (χ0n) is 13.2. The van der Waals surface area contributed by atoms with Gasteiger partial charge in [0.25, 0.3) is 0 Å². The average molecular weight is 342 g/mol. The van der Waals surface area contributed by atoms with E-state index in [0.29, 0.717) is 6.04 Å². The van der Waals surface area contributed by atoms with E-state index in [0.717, 1.165) is 30.0 Å². The summed E-state index contributed by atoms with van der Waals surface area (Å²) in [5, 5.41) is 3.48. The normalized spacial score (nSPS) is 13.2. The van der Waals surface area contributed by atoms with Crippen LogP contribution in [0.4, 0.5) is 0 Å². The molecule has 1 aromatic rings. The number of benzene rings is 1. The minimum atomic E-state index is 0.111. The number of halogens is 1. The maximum atomic E-state index is 6.12. The Morgan fingerprint density at radius 2 is 1.85 bits per heavy atom. The molecule has 0 aliphatic heterocycles. The first kappa shape index (κ1) is 17.7. The van der Waals surface area contributed by atoms with Crippen LogP contribution in [0, 0.1) is 5.92 Å². The predicted octanol–water partition coefficient (Wildman–Crippen LogP) is 4.94. The van der Waals surface area contributed by atoms with E-state index in [1.54, 1.807) is 0 Å². The van der Waals surface area contributed by atoms with Crippen LogP contribution in [-0.4, -0.2) is 19.2 Å². The fraction of sp³-hybridized carbons (Fsp3) is 0.647. The summed E-state index contributed by atoms with van der Waals surface area (Å²) in [5.74, 6) is 0.745. The van der Waals surface area contributed by atoms with Gasteiger partial charge in [0.15, 0.2) is 0 Å². The van der Waals surface area contributed by atoms with Crippen LogP contribution in [0.1, 0.15) is 52.2 Å². The van der Waals surface area contributed by atoms with Crippen LogP contribution in [0.5, 0.6) is 0 Å². The summed E-state index contributed by atoms with van der Waals surface area (Å²) in [4.78, 5) is 0. The van der Waals surface area contributed by atoms with Gasteiger partial charge in [-0.1, -0.05) is 61.8 Å². The van der Waals surface area contributed by atoms with E-state index in [1.807, 2.05) is 6.07 Å². The summed E-state index contributed by atoms with van der Waals surface area (Å²) in [6, 6.07) is 8.80. The van der Waals surface area contributed by atoms with Gasteiger partial charge in [-0.25, -0.2) is 0 Å². The Kier molecular flexibility index (Phi) is 8.43. The maximum absolute atomic E-state index is 6.12. The van der Waals surface area contributed by atoms with Crippen LogP contribution in [-0.2, 0) is 4.74 Å². The topological polar surface area (TPSA) is 21.3 Å². The summed E-state index contributed by atoms with van der Waals surface area (Å²) in [6.07, 6.45) is 2.46. The molecule has 0 aliphatic carbocycles. The lowest BCUT2D eigenvalue weighted by Gasteiger charge is -2.22. The first-order valence-corrected chi connectivity index (χ1v) is 8.39. The highest BCUT2D eigenvalue weighted by Gasteiger charge is 2.15. The lowest BCUT2D eigenvalue weighted by molar-refractivity contribution is 0.0470. The van der Waals surface area contributed by atoms with Gasteiger partial charge in [-0.05, 0) is 30.4 Å². The minimum Gasteiger partial charge on any atom is -0.372 e. The molecule has 3 heteroatoms. The van der Waals surface area contributed by atoms with Crippen LogP contribution in [0.25, 0.3) is 0 Å². The average Bonchev–Trinajstić information content (AvgIpc) is 2.38. The van der Waals surface area contributed by atoms with Gasteiger partial charge >= 0.3 is 0 Å². The molecule has 1 atom stereocenters. The first-order valence-electron chi connectivity index (χ1n) is 7.60. The van der Waals surface area contributed by atoms with Gasteiger partial charge in [0.2, 0.25) is 0 Å². The third-order valence-electron chi connectivity index (χ3n) is 3.21. The fourth-order valence-electron chi connectivity index (χ4n) is 2.05. The van der Waals surface area contributed by atoms with E-state index >= 15 is 0 Å². The van der Waals surface area contributed by atoms with Crippen molar-refractivity contribution in [3.8, 4) is 0 Å². The number of nitrogens with one attached hydrogen (secondary N) is 1. The summed E-state index contributed by atoms with van der Waals surface area (Å²) >= 11 is 3.63. The highest BCUT2D eigenvalue weighted by molar-refractivity contribution is 9.10. The molecular weight excluding hydrogens is 314 g/mol. The van der Waals surface area contributed by atoms with Gasteiger partial charge in [-0.2, -0.15) is 0 Å². The molecule has 0 saturated heterocycles. The quantitative estimate of drug-likeness (QED) is 0.642. The van der Waals surface area contributed by atoms with Gasteiger partial charge in [-0.3, -0.25) is 0 Å². The second-order valence-electron chi connectivity index (χ2n) is 5.98. The Labute approximate surface area is 132 Å². The molecule has 0 amide bonds. The second-order valence-corrected chi connectivity index (χ2v) is 6.83. The minimum absolute atomic E-state index is 0.111. The van der Waals surface area contributed by atoms with Crippen molar-refractivity contribution < 1.29 is 4.74 Å². The molecule has 1 N–H and O–H groups in total. The third-order valence-corrected chi connectivity index (χ3v) is 3.93. The monoisotopic (exact) mass is 341 g/mol. The largest absolute Gasteiger partial charge is 0.372 e. The Bertz CT molecular complexity index is 379. The molecule has 0 radical (unpaired) electrons. The van der Waals surface area contributed by atoms with Crippen molar-refractivity contribution in [3.05, 3.63) is 34.3 Å². The van der Waals surface area contributed by atoms with E-state index in [2.05, 4.69) is 67.1 Å². The van der Waals surface area contributed by atoms with Crippen molar-refractivity contribution in [1.29, 1.82) is 0 Å². The molecule has 1 rings (SSSR count). The molecule has 114 valence electrons. The zero-order valence-corrected chi connectivity index (χ0v) is 14.7. The lowest BCUT2D eigenvalue weighted by atomic mass is 10.1. The van der Waals surface area contributed by atoms with E-state index in [9.17, 15) is 0 Å². The molecule has 20 heavy (non-hydrogen) atoms. The summed E-state index contributed by atoms with van der Waals surface area (Å²) in [6.45, 7) is 10.5. The number of hydrogen-bond donors (Lipinski definition) is 1. The SMILES string of the molecule is CC(C)CCCOC(CNC(C)C)c1ccccc1Br. The van der Waals surface area contributed by atoms with E-state index in [1.165, 1.54) is 12.0 Å². The van der Waals surface area contributed by atoms with Gasteiger partial charge in [0, 0.05) is 23.7 Å². The Hall–Kier alpha value is -0.380.